The van der Waals surface area contributed by atoms with Crippen molar-refractivity contribution in [2.75, 3.05) is 13.1 Å². The number of piperidine rings is 1. The van der Waals surface area contributed by atoms with E-state index in [2.05, 4.69) is 9.97 Å². The highest BCUT2D eigenvalue weighted by atomic mass is 35.5. The van der Waals surface area contributed by atoms with Crippen LogP contribution in [0.1, 0.15) is 51.0 Å². The lowest BCUT2D eigenvalue weighted by Gasteiger charge is -2.34. The molecule has 1 aromatic rings. The number of amides is 1. The van der Waals surface area contributed by atoms with Crippen LogP contribution < -0.4 is 0 Å². The minimum atomic E-state index is -0.473. The third kappa shape index (κ3) is 4.56. The SMILES string of the molecule is Cc1nc(Cl)cc([C@@H]2CCCN(C(=O)OC(C)(C)C)C2)n1. The second-order valence-corrected chi connectivity index (χ2v) is 6.82. The Morgan fingerprint density at radius 1 is 1.43 bits per heavy atom. The molecule has 0 saturated carbocycles. The summed E-state index contributed by atoms with van der Waals surface area (Å²) in [6, 6.07) is 1.79. The molecule has 1 atom stereocenters. The van der Waals surface area contributed by atoms with E-state index in [9.17, 15) is 4.79 Å². The van der Waals surface area contributed by atoms with Gasteiger partial charge in [0.2, 0.25) is 0 Å². The fourth-order valence-electron chi connectivity index (χ4n) is 2.47. The lowest BCUT2D eigenvalue weighted by atomic mass is 9.95. The van der Waals surface area contributed by atoms with Crippen molar-refractivity contribution in [1.82, 2.24) is 14.9 Å². The summed E-state index contributed by atoms with van der Waals surface area (Å²) in [5, 5.41) is 0.451. The number of halogens is 1. The first-order valence-electron chi connectivity index (χ1n) is 7.23. The molecule has 0 N–H and O–H groups in total. The van der Waals surface area contributed by atoms with Crippen LogP contribution in [0.15, 0.2) is 6.07 Å². The van der Waals surface area contributed by atoms with Gasteiger partial charge >= 0.3 is 6.09 Å². The third-order valence-electron chi connectivity index (χ3n) is 3.32. The molecule has 116 valence electrons. The molecule has 6 heteroatoms. The molecule has 0 unspecified atom stereocenters. The number of hydrogen-bond acceptors (Lipinski definition) is 4. The zero-order valence-corrected chi connectivity index (χ0v) is 13.8. The van der Waals surface area contributed by atoms with Crippen LogP contribution in [0.25, 0.3) is 0 Å². The summed E-state index contributed by atoms with van der Waals surface area (Å²) in [4.78, 5) is 22.5. The number of nitrogens with zero attached hydrogens (tertiary/aromatic N) is 3. The molecule has 0 spiro atoms. The zero-order chi connectivity index (χ0) is 15.6. The van der Waals surface area contributed by atoms with E-state index >= 15 is 0 Å². The number of likely N-dealkylation sites (tertiary alicyclic amines) is 1. The molecular formula is C15H22ClN3O2. The summed E-state index contributed by atoms with van der Waals surface area (Å²) in [7, 11) is 0. The van der Waals surface area contributed by atoms with Crippen LogP contribution >= 0.6 is 11.6 Å². The normalized spacial score (nSPS) is 19.5. The molecule has 0 bridgehead atoms. The lowest BCUT2D eigenvalue weighted by molar-refractivity contribution is 0.0197. The van der Waals surface area contributed by atoms with Gasteiger partial charge < -0.3 is 9.64 Å². The van der Waals surface area contributed by atoms with Crippen molar-refractivity contribution in [3.05, 3.63) is 22.7 Å². The maximum absolute atomic E-state index is 12.2. The van der Waals surface area contributed by atoms with Gasteiger partial charge in [0.1, 0.15) is 16.6 Å². The van der Waals surface area contributed by atoms with E-state index in [0.717, 1.165) is 25.1 Å². The van der Waals surface area contributed by atoms with Crippen LogP contribution in [0.3, 0.4) is 0 Å². The second-order valence-electron chi connectivity index (χ2n) is 6.43. The summed E-state index contributed by atoms with van der Waals surface area (Å²) in [5.41, 5.74) is 0.430. The molecule has 21 heavy (non-hydrogen) atoms. The number of aromatic nitrogens is 2. The molecule has 1 aromatic heterocycles. The molecule has 1 fully saturated rings. The van der Waals surface area contributed by atoms with Gasteiger partial charge in [0.05, 0.1) is 5.69 Å². The highest BCUT2D eigenvalue weighted by Crippen LogP contribution is 2.27. The number of hydrogen-bond donors (Lipinski definition) is 0. The average Bonchev–Trinajstić information content (AvgIpc) is 2.36. The number of rotatable bonds is 1. The van der Waals surface area contributed by atoms with Gasteiger partial charge in [-0.3, -0.25) is 0 Å². The first-order valence-corrected chi connectivity index (χ1v) is 7.61. The van der Waals surface area contributed by atoms with Gasteiger partial charge in [0.25, 0.3) is 0 Å². The molecule has 2 heterocycles. The van der Waals surface area contributed by atoms with E-state index in [1.54, 1.807) is 11.0 Å². The van der Waals surface area contributed by atoms with Crippen LogP contribution in [0.5, 0.6) is 0 Å². The van der Waals surface area contributed by atoms with Crippen LogP contribution in [-0.4, -0.2) is 39.7 Å². The molecule has 1 aliphatic heterocycles. The lowest BCUT2D eigenvalue weighted by Crippen LogP contribution is -2.42. The summed E-state index contributed by atoms with van der Waals surface area (Å²) in [6.45, 7) is 8.79. The van der Waals surface area contributed by atoms with E-state index in [-0.39, 0.29) is 12.0 Å². The van der Waals surface area contributed by atoms with Crippen molar-refractivity contribution >= 4 is 17.7 Å². The molecule has 2 rings (SSSR count). The van der Waals surface area contributed by atoms with Crippen molar-refractivity contribution in [2.45, 2.75) is 52.1 Å². The highest BCUT2D eigenvalue weighted by molar-refractivity contribution is 6.29. The van der Waals surface area contributed by atoms with Gasteiger partial charge in [0, 0.05) is 19.0 Å². The van der Waals surface area contributed by atoms with Gasteiger partial charge in [-0.15, -0.1) is 0 Å². The number of ether oxygens (including phenoxy) is 1. The fraction of sp³-hybridized carbons (Fsp3) is 0.667. The van der Waals surface area contributed by atoms with E-state index in [0.29, 0.717) is 17.5 Å². The maximum Gasteiger partial charge on any atom is 0.410 e. The van der Waals surface area contributed by atoms with Crippen LogP contribution in [0, 0.1) is 6.92 Å². The third-order valence-corrected chi connectivity index (χ3v) is 3.51. The Bertz CT molecular complexity index is 508. The van der Waals surface area contributed by atoms with E-state index in [4.69, 9.17) is 16.3 Å². The number of aryl methyl sites for hydroxylation is 1. The van der Waals surface area contributed by atoms with Crippen LogP contribution in [0.2, 0.25) is 5.15 Å². The van der Waals surface area contributed by atoms with Crippen LogP contribution in [0.4, 0.5) is 4.79 Å². The van der Waals surface area contributed by atoms with Crippen molar-refractivity contribution in [2.24, 2.45) is 0 Å². The summed E-state index contributed by atoms with van der Waals surface area (Å²) in [5.74, 6) is 0.845. The number of carbonyl (C=O) groups excluding carboxylic acids is 1. The average molecular weight is 312 g/mol. The quantitative estimate of drug-likeness (QED) is 0.744. The monoisotopic (exact) mass is 311 g/mol. The van der Waals surface area contributed by atoms with Gasteiger partial charge in [-0.1, -0.05) is 11.6 Å². The topological polar surface area (TPSA) is 55.3 Å². The largest absolute Gasteiger partial charge is 0.444 e. The standard InChI is InChI=1S/C15H22ClN3O2/c1-10-17-12(8-13(16)18-10)11-6-5-7-19(9-11)14(20)21-15(2,3)4/h8,11H,5-7,9H2,1-4H3/t11-/m1/s1. The van der Waals surface area contributed by atoms with Gasteiger partial charge in [0.15, 0.2) is 0 Å². The Hall–Kier alpha value is -1.36. The minimum absolute atomic E-state index is 0.186. The van der Waals surface area contributed by atoms with Crippen molar-refractivity contribution in [3.63, 3.8) is 0 Å². The highest BCUT2D eigenvalue weighted by Gasteiger charge is 2.29. The summed E-state index contributed by atoms with van der Waals surface area (Å²) >= 11 is 6.00. The van der Waals surface area contributed by atoms with Gasteiger partial charge in [-0.2, -0.15) is 0 Å². The Morgan fingerprint density at radius 3 is 2.76 bits per heavy atom. The molecule has 0 aliphatic carbocycles. The van der Waals surface area contributed by atoms with Gasteiger partial charge in [-0.25, -0.2) is 14.8 Å². The zero-order valence-electron chi connectivity index (χ0n) is 13.0. The Morgan fingerprint density at radius 2 is 2.14 bits per heavy atom. The first kappa shape index (κ1) is 16.0. The second kappa shape index (κ2) is 6.18. The Labute approximate surface area is 130 Å². The molecule has 1 saturated heterocycles. The predicted octanol–water partition coefficient (Wildman–Crippen LogP) is 3.55. The van der Waals surface area contributed by atoms with Crippen LogP contribution in [-0.2, 0) is 4.74 Å². The summed E-state index contributed by atoms with van der Waals surface area (Å²) in [6.07, 6.45) is 1.67. The summed E-state index contributed by atoms with van der Waals surface area (Å²) < 4.78 is 5.44. The molecule has 0 aromatic carbocycles. The van der Waals surface area contributed by atoms with E-state index in [1.165, 1.54) is 0 Å². The van der Waals surface area contributed by atoms with Crippen molar-refractivity contribution < 1.29 is 9.53 Å². The van der Waals surface area contributed by atoms with E-state index < -0.39 is 5.60 Å². The Kier molecular flexibility index (Phi) is 4.71. The number of carbonyl (C=O) groups is 1. The first-order chi connectivity index (χ1) is 9.74. The van der Waals surface area contributed by atoms with E-state index in [1.807, 2.05) is 27.7 Å². The molecule has 1 amide bonds. The Balaban J connectivity index is 2.08. The minimum Gasteiger partial charge on any atom is -0.444 e. The van der Waals surface area contributed by atoms with Crippen molar-refractivity contribution in [1.29, 1.82) is 0 Å². The molecular weight excluding hydrogens is 290 g/mol. The predicted molar refractivity (Wildman–Crippen MR) is 81.6 cm³/mol. The smallest absolute Gasteiger partial charge is 0.410 e. The maximum atomic E-state index is 12.2. The molecule has 5 nitrogen and oxygen atoms in total. The molecule has 1 aliphatic rings. The van der Waals surface area contributed by atoms with Crippen molar-refractivity contribution in [3.8, 4) is 0 Å². The fourth-order valence-corrected chi connectivity index (χ4v) is 2.71. The van der Waals surface area contributed by atoms with Gasteiger partial charge in [-0.05, 0) is 46.6 Å². The molecule has 0 radical (unpaired) electrons.